The van der Waals surface area contributed by atoms with Gasteiger partial charge >= 0.3 is 0 Å². The minimum atomic E-state index is -0.228. The van der Waals surface area contributed by atoms with Crippen molar-refractivity contribution in [3.63, 3.8) is 0 Å². The topological polar surface area (TPSA) is 58.4 Å². The first-order chi connectivity index (χ1) is 10.6. The Morgan fingerprint density at radius 2 is 2.05 bits per heavy atom. The molecule has 1 aliphatic heterocycles. The molecule has 3 rings (SSSR count). The van der Waals surface area contributed by atoms with E-state index in [1.165, 1.54) is 25.0 Å². The Bertz CT molecular complexity index is 515. The van der Waals surface area contributed by atoms with Crippen molar-refractivity contribution in [2.24, 2.45) is 11.7 Å². The highest BCUT2D eigenvalue weighted by Crippen LogP contribution is 2.31. The van der Waals surface area contributed by atoms with Crippen molar-refractivity contribution in [1.82, 2.24) is 10.2 Å². The van der Waals surface area contributed by atoms with Crippen LogP contribution >= 0.6 is 0 Å². The summed E-state index contributed by atoms with van der Waals surface area (Å²) in [5.74, 6) is 0.448. The van der Waals surface area contributed by atoms with Gasteiger partial charge in [0.1, 0.15) is 5.82 Å². The van der Waals surface area contributed by atoms with Crippen molar-refractivity contribution < 1.29 is 9.18 Å². The third-order valence-electron chi connectivity index (χ3n) is 4.70. The van der Waals surface area contributed by atoms with Gasteiger partial charge in [-0.2, -0.15) is 0 Å². The fourth-order valence-electron chi connectivity index (χ4n) is 3.16. The minimum absolute atomic E-state index is 0.0794. The van der Waals surface area contributed by atoms with Crippen LogP contribution < -0.4 is 11.1 Å². The molecule has 1 heterocycles. The number of benzene rings is 1. The zero-order valence-electron chi connectivity index (χ0n) is 12.8. The number of likely N-dealkylation sites (tertiary alicyclic amines) is 1. The SMILES string of the molecule is NC(CNC(=O)C1CCCN1Cc1ccc(F)cc1)C1CC1. The monoisotopic (exact) mass is 305 g/mol. The maximum Gasteiger partial charge on any atom is 0.237 e. The van der Waals surface area contributed by atoms with Crippen LogP contribution in [0, 0.1) is 11.7 Å². The molecular formula is C17H24FN3O. The molecule has 1 saturated heterocycles. The summed E-state index contributed by atoms with van der Waals surface area (Å²) in [4.78, 5) is 14.6. The molecule has 2 fully saturated rings. The summed E-state index contributed by atoms with van der Waals surface area (Å²) in [6.45, 7) is 2.17. The number of rotatable bonds is 6. The van der Waals surface area contributed by atoms with E-state index < -0.39 is 0 Å². The Morgan fingerprint density at radius 1 is 1.32 bits per heavy atom. The van der Waals surface area contributed by atoms with Gasteiger partial charge in [0.2, 0.25) is 5.91 Å². The number of nitrogens with two attached hydrogens (primary N) is 1. The van der Waals surface area contributed by atoms with Gasteiger partial charge in [0.25, 0.3) is 0 Å². The summed E-state index contributed by atoms with van der Waals surface area (Å²) in [7, 11) is 0. The number of nitrogens with zero attached hydrogens (tertiary/aromatic N) is 1. The molecule has 1 aromatic rings. The summed E-state index contributed by atoms with van der Waals surface area (Å²) < 4.78 is 13.0. The predicted molar refractivity (Wildman–Crippen MR) is 83.5 cm³/mol. The summed E-state index contributed by atoms with van der Waals surface area (Å²) in [5, 5.41) is 3.00. The number of carbonyl (C=O) groups is 1. The van der Waals surface area contributed by atoms with Gasteiger partial charge in [-0.3, -0.25) is 9.69 Å². The lowest BCUT2D eigenvalue weighted by atomic mass is 10.1. The number of carbonyl (C=O) groups excluding carboxylic acids is 1. The highest BCUT2D eigenvalue weighted by molar-refractivity contribution is 5.82. The third kappa shape index (κ3) is 3.84. The Labute approximate surface area is 130 Å². The smallest absolute Gasteiger partial charge is 0.237 e. The van der Waals surface area contributed by atoms with Crippen LogP contribution in [0.3, 0.4) is 0 Å². The molecule has 1 aliphatic carbocycles. The van der Waals surface area contributed by atoms with Gasteiger partial charge in [0.05, 0.1) is 6.04 Å². The molecule has 1 saturated carbocycles. The largest absolute Gasteiger partial charge is 0.353 e. The molecule has 0 radical (unpaired) electrons. The van der Waals surface area contributed by atoms with E-state index in [-0.39, 0.29) is 23.8 Å². The number of hydrogen-bond donors (Lipinski definition) is 2. The first-order valence-corrected chi connectivity index (χ1v) is 8.15. The van der Waals surface area contributed by atoms with E-state index in [2.05, 4.69) is 10.2 Å². The maximum absolute atomic E-state index is 13.0. The molecule has 0 spiro atoms. The molecule has 2 unspecified atom stereocenters. The van der Waals surface area contributed by atoms with Crippen molar-refractivity contribution in [3.8, 4) is 0 Å². The van der Waals surface area contributed by atoms with E-state index in [1.807, 2.05) is 0 Å². The Balaban J connectivity index is 1.52. The fraction of sp³-hybridized carbons (Fsp3) is 0.588. The molecule has 22 heavy (non-hydrogen) atoms. The number of amides is 1. The van der Waals surface area contributed by atoms with Crippen molar-refractivity contribution in [1.29, 1.82) is 0 Å². The average Bonchev–Trinajstić information content (AvgIpc) is 3.27. The molecule has 3 N–H and O–H groups in total. The van der Waals surface area contributed by atoms with E-state index in [0.717, 1.165) is 24.9 Å². The van der Waals surface area contributed by atoms with Crippen LogP contribution in [0.4, 0.5) is 4.39 Å². The third-order valence-corrected chi connectivity index (χ3v) is 4.70. The Kier molecular flexibility index (Phi) is 4.74. The van der Waals surface area contributed by atoms with Gasteiger partial charge in [0.15, 0.2) is 0 Å². The normalized spacial score (nSPS) is 23.5. The molecule has 5 heteroatoms. The first kappa shape index (κ1) is 15.4. The Morgan fingerprint density at radius 3 is 2.73 bits per heavy atom. The standard InChI is InChI=1S/C17H24FN3O/c18-14-7-3-12(4-8-14)11-21-9-1-2-16(21)17(22)20-10-15(19)13-5-6-13/h3-4,7-8,13,15-16H,1-2,5-6,9-11,19H2,(H,20,22). The first-order valence-electron chi connectivity index (χ1n) is 8.15. The lowest BCUT2D eigenvalue weighted by Gasteiger charge is -2.24. The maximum atomic E-state index is 13.0. The summed E-state index contributed by atoms with van der Waals surface area (Å²) in [6, 6.07) is 6.51. The molecule has 120 valence electrons. The van der Waals surface area contributed by atoms with Gasteiger partial charge < -0.3 is 11.1 Å². The van der Waals surface area contributed by atoms with Gasteiger partial charge in [-0.05, 0) is 55.8 Å². The summed E-state index contributed by atoms with van der Waals surface area (Å²) in [6.07, 6.45) is 4.29. The molecule has 2 aliphatic rings. The van der Waals surface area contributed by atoms with Gasteiger partial charge in [-0.1, -0.05) is 12.1 Å². The van der Waals surface area contributed by atoms with Crippen molar-refractivity contribution in [2.75, 3.05) is 13.1 Å². The molecule has 0 bridgehead atoms. The van der Waals surface area contributed by atoms with E-state index in [1.54, 1.807) is 12.1 Å². The second-order valence-electron chi connectivity index (χ2n) is 6.50. The average molecular weight is 305 g/mol. The lowest BCUT2D eigenvalue weighted by Crippen LogP contribution is -2.47. The van der Waals surface area contributed by atoms with Crippen LogP contribution in [0.1, 0.15) is 31.2 Å². The van der Waals surface area contributed by atoms with Crippen molar-refractivity contribution in [2.45, 2.75) is 44.3 Å². The van der Waals surface area contributed by atoms with Crippen LogP contribution in [-0.4, -0.2) is 36.0 Å². The number of nitrogens with one attached hydrogen (secondary N) is 1. The molecule has 1 amide bonds. The lowest BCUT2D eigenvalue weighted by molar-refractivity contribution is -0.125. The van der Waals surface area contributed by atoms with E-state index in [4.69, 9.17) is 5.73 Å². The second-order valence-corrected chi connectivity index (χ2v) is 6.50. The van der Waals surface area contributed by atoms with Crippen LogP contribution in [-0.2, 0) is 11.3 Å². The van der Waals surface area contributed by atoms with Crippen LogP contribution in [0.5, 0.6) is 0 Å². The van der Waals surface area contributed by atoms with Gasteiger partial charge in [-0.25, -0.2) is 4.39 Å². The minimum Gasteiger partial charge on any atom is -0.353 e. The van der Waals surface area contributed by atoms with E-state index in [0.29, 0.717) is 19.0 Å². The van der Waals surface area contributed by atoms with Crippen molar-refractivity contribution in [3.05, 3.63) is 35.6 Å². The highest BCUT2D eigenvalue weighted by atomic mass is 19.1. The van der Waals surface area contributed by atoms with E-state index >= 15 is 0 Å². The van der Waals surface area contributed by atoms with Crippen molar-refractivity contribution >= 4 is 5.91 Å². The molecule has 4 nitrogen and oxygen atoms in total. The fourth-order valence-corrected chi connectivity index (χ4v) is 3.16. The Hall–Kier alpha value is -1.46. The van der Waals surface area contributed by atoms with Gasteiger partial charge in [-0.15, -0.1) is 0 Å². The molecule has 1 aromatic carbocycles. The molecule has 0 aromatic heterocycles. The van der Waals surface area contributed by atoms with Crippen LogP contribution in [0.2, 0.25) is 0 Å². The van der Waals surface area contributed by atoms with E-state index in [9.17, 15) is 9.18 Å². The number of hydrogen-bond acceptors (Lipinski definition) is 3. The van der Waals surface area contributed by atoms with Crippen LogP contribution in [0.15, 0.2) is 24.3 Å². The quantitative estimate of drug-likeness (QED) is 0.840. The number of halogens is 1. The summed E-state index contributed by atoms with van der Waals surface area (Å²) in [5.41, 5.74) is 7.07. The zero-order valence-corrected chi connectivity index (χ0v) is 12.8. The zero-order chi connectivity index (χ0) is 15.5. The molecule has 2 atom stereocenters. The molecular weight excluding hydrogens is 281 g/mol. The highest BCUT2D eigenvalue weighted by Gasteiger charge is 2.32. The second kappa shape index (κ2) is 6.75. The van der Waals surface area contributed by atoms with Gasteiger partial charge in [0, 0.05) is 19.1 Å². The predicted octanol–water partition coefficient (Wildman–Crippen LogP) is 1.64. The summed E-state index contributed by atoms with van der Waals surface area (Å²) >= 11 is 0. The van der Waals surface area contributed by atoms with Crippen LogP contribution in [0.25, 0.3) is 0 Å².